The summed E-state index contributed by atoms with van der Waals surface area (Å²) in [6.07, 6.45) is 10.9. The number of aryl methyl sites for hydroxylation is 1. The van der Waals surface area contributed by atoms with Crippen molar-refractivity contribution in [2.24, 2.45) is 5.92 Å². The van der Waals surface area contributed by atoms with Gasteiger partial charge in [-0.25, -0.2) is 0 Å². The monoisotopic (exact) mass is 506 g/mol. The molecular weight excluding hydrogens is 464 g/mol. The van der Waals surface area contributed by atoms with Crippen LogP contribution < -0.4 is 4.90 Å². The first kappa shape index (κ1) is 26.3. The van der Waals surface area contributed by atoms with Crippen molar-refractivity contribution in [1.82, 2.24) is 9.88 Å². The number of hydrogen-bond acceptors (Lipinski definition) is 3. The summed E-state index contributed by atoms with van der Waals surface area (Å²) in [4.78, 5) is 8.50. The average molecular weight is 507 g/mol. The molecule has 3 aromatic rings. The van der Waals surface area contributed by atoms with Crippen molar-refractivity contribution in [1.29, 1.82) is 5.26 Å². The highest BCUT2D eigenvalue weighted by Crippen LogP contribution is 2.34. The van der Waals surface area contributed by atoms with Gasteiger partial charge in [-0.3, -0.25) is 0 Å². The summed E-state index contributed by atoms with van der Waals surface area (Å²) >= 11 is 0. The van der Waals surface area contributed by atoms with Crippen molar-refractivity contribution in [2.45, 2.75) is 58.8 Å². The van der Waals surface area contributed by atoms with Gasteiger partial charge >= 0.3 is 0 Å². The largest absolute Gasteiger partial charge is 0.369 e. The van der Waals surface area contributed by atoms with Crippen LogP contribution in [0.2, 0.25) is 0 Å². The van der Waals surface area contributed by atoms with Crippen molar-refractivity contribution in [3.63, 3.8) is 0 Å². The zero-order chi connectivity index (χ0) is 26.5. The Kier molecular flexibility index (Phi) is 8.35. The summed E-state index contributed by atoms with van der Waals surface area (Å²) in [6, 6.07) is 20.3. The lowest BCUT2D eigenvalue weighted by Crippen LogP contribution is -2.44. The minimum atomic E-state index is 0.726. The maximum atomic E-state index is 10.0. The summed E-state index contributed by atoms with van der Waals surface area (Å²) in [5.41, 5.74) is 10.4. The molecule has 0 bridgehead atoms. The number of allylic oxidation sites excluding steroid dienone is 1. The minimum Gasteiger partial charge on any atom is -0.369 e. The number of anilines is 1. The summed E-state index contributed by atoms with van der Waals surface area (Å²) in [5, 5.41) is 10.0. The van der Waals surface area contributed by atoms with Gasteiger partial charge in [0.05, 0.1) is 11.6 Å². The molecule has 0 atom stereocenters. The fourth-order valence-corrected chi connectivity index (χ4v) is 6.23. The third-order valence-electron chi connectivity index (χ3n) is 8.53. The topological polar surface area (TPSA) is 46.1 Å². The maximum absolute atomic E-state index is 10.0. The van der Waals surface area contributed by atoms with Crippen LogP contribution in [0.4, 0.5) is 5.69 Å². The number of piperazine rings is 1. The van der Waals surface area contributed by atoms with Gasteiger partial charge in [0.2, 0.25) is 0 Å². The molecule has 2 aromatic carbocycles. The van der Waals surface area contributed by atoms with Crippen LogP contribution in [0, 0.1) is 24.2 Å². The van der Waals surface area contributed by atoms with Crippen LogP contribution in [-0.2, 0) is 6.42 Å². The summed E-state index contributed by atoms with van der Waals surface area (Å²) < 4.78 is 0. The van der Waals surface area contributed by atoms with Gasteiger partial charge in [-0.1, -0.05) is 69.4 Å². The first-order chi connectivity index (χ1) is 18.6. The number of benzene rings is 2. The predicted molar refractivity (Wildman–Crippen MR) is 159 cm³/mol. The highest BCUT2D eigenvalue weighted by atomic mass is 15.2. The van der Waals surface area contributed by atoms with Gasteiger partial charge in [-0.2, -0.15) is 5.26 Å². The molecule has 4 heteroatoms. The molecule has 198 valence electrons. The van der Waals surface area contributed by atoms with Gasteiger partial charge in [-0.15, -0.1) is 0 Å². The highest BCUT2D eigenvalue weighted by Gasteiger charge is 2.19. The summed E-state index contributed by atoms with van der Waals surface area (Å²) in [7, 11) is 2.19. The second kappa shape index (κ2) is 12.0. The lowest BCUT2D eigenvalue weighted by atomic mass is 9.83. The number of nitrogens with zero attached hydrogens (tertiary/aromatic N) is 3. The quantitative estimate of drug-likeness (QED) is 0.359. The van der Waals surface area contributed by atoms with E-state index in [0.717, 1.165) is 67.5 Å². The van der Waals surface area contributed by atoms with Crippen LogP contribution in [0.1, 0.15) is 73.4 Å². The highest BCUT2D eigenvalue weighted by molar-refractivity contribution is 5.84. The normalized spacial score (nSPS) is 17.5. The molecular formula is C34H42N4. The smallest absolute Gasteiger partial charge is 0.0994 e. The number of rotatable bonds is 7. The molecule has 1 saturated carbocycles. The van der Waals surface area contributed by atoms with E-state index in [1.807, 2.05) is 0 Å². The lowest BCUT2D eigenvalue weighted by molar-refractivity contribution is 0.313. The number of H-pyrrole nitrogens is 1. The molecule has 2 heterocycles. The van der Waals surface area contributed by atoms with E-state index < -0.39 is 0 Å². The number of hydrogen-bond donors (Lipinski definition) is 1. The molecule has 2 fully saturated rings. The van der Waals surface area contributed by atoms with E-state index in [2.05, 4.69) is 96.4 Å². The Labute approximate surface area is 229 Å². The van der Waals surface area contributed by atoms with Gasteiger partial charge in [-0.05, 0) is 79.3 Å². The SMILES string of the molecule is CC/C=C(/c1ccc(CC2CCCCC2)c(C#N)c1)c1cc(-c2ccc(N3CCN(C)CC3)cc2)[nH]c1C. The van der Waals surface area contributed by atoms with Gasteiger partial charge in [0.25, 0.3) is 0 Å². The first-order valence-electron chi connectivity index (χ1n) is 14.5. The Bertz CT molecular complexity index is 1290. The van der Waals surface area contributed by atoms with Crippen molar-refractivity contribution >= 4 is 11.3 Å². The predicted octanol–water partition coefficient (Wildman–Crippen LogP) is 7.58. The molecule has 38 heavy (non-hydrogen) atoms. The number of aromatic amines is 1. The van der Waals surface area contributed by atoms with Crippen LogP contribution in [-0.4, -0.2) is 43.1 Å². The van der Waals surface area contributed by atoms with Crippen LogP contribution in [0.15, 0.2) is 54.6 Å². The van der Waals surface area contributed by atoms with Crippen LogP contribution in [0.25, 0.3) is 16.8 Å². The number of aromatic nitrogens is 1. The number of nitriles is 1. The molecule has 0 spiro atoms. The standard InChI is InChI=1S/C34H42N4/c1-4-8-32(29-12-11-28(30(22-29)24-35)21-26-9-6-5-7-10-26)33-23-34(36-25(33)2)27-13-15-31(16-14-27)38-19-17-37(3)18-20-38/h8,11-16,22-23,26,36H,4-7,9-10,17-21H2,1-3H3/b32-8-. The van der Waals surface area contributed by atoms with Crippen LogP contribution in [0.5, 0.6) is 0 Å². The molecule has 5 rings (SSSR count). The van der Waals surface area contributed by atoms with E-state index in [1.54, 1.807) is 0 Å². The molecule has 1 N–H and O–H groups in total. The minimum absolute atomic E-state index is 0.726. The maximum Gasteiger partial charge on any atom is 0.0994 e. The zero-order valence-electron chi connectivity index (χ0n) is 23.4. The zero-order valence-corrected chi connectivity index (χ0v) is 23.4. The van der Waals surface area contributed by atoms with Gasteiger partial charge < -0.3 is 14.8 Å². The Hall–Kier alpha value is -3.29. The molecule has 2 aliphatic rings. The van der Waals surface area contributed by atoms with Gasteiger partial charge in [0.15, 0.2) is 0 Å². The second-order valence-corrected chi connectivity index (χ2v) is 11.3. The number of nitrogens with one attached hydrogen (secondary N) is 1. The van der Waals surface area contributed by atoms with Crippen LogP contribution >= 0.6 is 0 Å². The van der Waals surface area contributed by atoms with E-state index in [1.165, 1.54) is 60.1 Å². The van der Waals surface area contributed by atoms with E-state index >= 15 is 0 Å². The van der Waals surface area contributed by atoms with Crippen LogP contribution in [0.3, 0.4) is 0 Å². The molecule has 0 unspecified atom stereocenters. The van der Waals surface area contributed by atoms with E-state index in [4.69, 9.17) is 0 Å². The van der Waals surface area contributed by atoms with Gasteiger partial charge in [0, 0.05) is 48.8 Å². The third-order valence-corrected chi connectivity index (χ3v) is 8.53. The lowest BCUT2D eigenvalue weighted by Gasteiger charge is -2.34. The van der Waals surface area contributed by atoms with Crippen molar-refractivity contribution in [3.8, 4) is 17.3 Å². The average Bonchev–Trinajstić information content (AvgIpc) is 3.34. The molecule has 1 aliphatic carbocycles. The summed E-state index contributed by atoms with van der Waals surface area (Å²) in [6.45, 7) is 8.73. The molecule has 0 amide bonds. The van der Waals surface area contributed by atoms with Gasteiger partial charge in [0.1, 0.15) is 0 Å². The summed E-state index contributed by atoms with van der Waals surface area (Å²) in [5.74, 6) is 0.726. The van der Waals surface area contributed by atoms with Crippen molar-refractivity contribution < 1.29 is 0 Å². The van der Waals surface area contributed by atoms with Crippen molar-refractivity contribution in [3.05, 3.63) is 82.6 Å². The fraction of sp³-hybridized carbons (Fsp3) is 0.441. The van der Waals surface area contributed by atoms with Crippen molar-refractivity contribution in [2.75, 3.05) is 38.1 Å². The molecule has 1 aromatic heterocycles. The second-order valence-electron chi connectivity index (χ2n) is 11.3. The Morgan fingerprint density at radius 2 is 1.74 bits per heavy atom. The van der Waals surface area contributed by atoms with E-state index in [-0.39, 0.29) is 0 Å². The molecule has 1 saturated heterocycles. The Morgan fingerprint density at radius 3 is 2.42 bits per heavy atom. The molecule has 0 radical (unpaired) electrons. The van der Waals surface area contributed by atoms with E-state index in [9.17, 15) is 5.26 Å². The molecule has 4 nitrogen and oxygen atoms in total. The number of likely N-dealkylation sites (N-methyl/N-ethyl adjacent to an activating group) is 1. The first-order valence-corrected chi connectivity index (χ1v) is 14.5. The Balaban J connectivity index is 1.38. The Morgan fingerprint density at radius 1 is 1.00 bits per heavy atom. The third kappa shape index (κ3) is 5.89. The fourth-order valence-electron chi connectivity index (χ4n) is 6.23. The van der Waals surface area contributed by atoms with E-state index in [0.29, 0.717) is 0 Å². The molecule has 1 aliphatic heterocycles.